The standard InChI is InChI=1S/C19H19N7O2/c1-24-14-16(25(2)19(28)23-17(14)27)22-18(24)26-8-5-11(6-9-26)13-10-21-15-12(13)4-3-7-20-15/h3-5,7,10H,6,8-9H2,1-2H3,(H,20,21)(H,23,27,28). The summed E-state index contributed by atoms with van der Waals surface area (Å²) >= 11 is 0. The number of hydrogen-bond acceptors (Lipinski definition) is 5. The van der Waals surface area contributed by atoms with Crippen LogP contribution in [0.2, 0.25) is 0 Å². The summed E-state index contributed by atoms with van der Waals surface area (Å²) in [4.78, 5) is 40.7. The Hall–Kier alpha value is -3.62. The smallest absolute Gasteiger partial charge is 0.329 e. The molecule has 0 unspecified atom stereocenters. The van der Waals surface area contributed by atoms with Crippen LogP contribution in [0.4, 0.5) is 5.95 Å². The molecular weight excluding hydrogens is 358 g/mol. The Labute approximate surface area is 159 Å². The molecule has 2 N–H and O–H groups in total. The minimum Gasteiger partial charge on any atom is -0.346 e. The number of aryl methyl sites for hydroxylation is 2. The van der Waals surface area contributed by atoms with Crippen molar-refractivity contribution >= 4 is 33.7 Å². The summed E-state index contributed by atoms with van der Waals surface area (Å²) < 4.78 is 3.12. The Morgan fingerprint density at radius 1 is 1.18 bits per heavy atom. The van der Waals surface area contributed by atoms with Crippen LogP contribution in [0, 0.1) is 0 Å². The molecule has 5 rings (SSSR count). The van der Waals surface area contributed by atoms with Gasteiger partial charge in [-0.3, -0.25) is 14.3 Å². The predicted molar refractivity (Wildman–Crippen MR) is 107 cm³/mol. The molecule has 0 atom stereocenters. The van der Waals surface area contributed by atoms with Crippen LogP contribution in [0.1, 0.15) is 12.0 Å². The van der Waals surface area contributed by atoms with Crippen molar-refractivity contribution in [3.63, 3.8) is 0 Å². The summed E-state index contributed by atoms with van der Waals surface area (Å²) in [5, 5.41) is 1.12. The molecular formula is C19H19N7O2. The van der Waals surface area contributed by atoms with E-state index in [1.54, 1.807) is 24.9 Å². The molecule has 0 aliphatic carbocycles. The highest BCUT2D eigenvalue weighted by Crippen LogP contribution is 2.30. The molecule has 4 aromatic rings. The number of hydrogen-bond donors (Lipinski definition) is 2. The Bertz CT molecular complexity index is 1370. The SMILES string of the molecule is Cn1c(N2CC=C(c3c[nH]c4ncccc34)CC2)nc2c1c(=O)[nH]c(=O)n2C. The number of nitrogens with zero attached hydrogens (tertiary/aromatic N) is 5. The minimum atomic E-state index is -0.462. The zero-order valence-electron chi connectivity index (χ0n) is 15.6. The Kier molecular flexibility index (Phi) is 3.51. The molecule has 28 heavy (non-hydrogen) atoms. The molecule has 0 fully saturated rings. The van der Waals surface area contributed by atoms with Crippen molar-refractivity contribution in [1.29, 1.82) is 0 Å². The van der Waals surface area contributed by atoms with Crippen LogP contribution in [-0.2, 0) is 14.1 Å². The van der Waals surface area contributed by atoms with Gasteiger partial charge in [0.15, 0.2) is 11.2 Å². The summed E-state index contributed by atoms with van der Waals surface area (Å²) in [6.45, 7) is 1.44. The van der Waals surface area contributed by atoms with Gasteiger partial charge >= 0.3 is 5.69 Å². The highest BCUT2D eigenvalue weighted by Gasteiger charge is 2.22. The van der Waals surface area contributed by atoms with Gasteiger partial charge < -0.3 is 14.5 Å². The number of aromatic nitrogens is 6. The first-order chi connectivity index (χ1) is 13.5. The number of fused-ring (bicyclic) bond motifs is 2. The number of anilines is 1. The van der Waals surface area contributed by atoms with E-state index in [4.69, 9.17) is 0 Å². The number of pyridine rings is 1. The van der Waals surface area contributed by atoms with Crippen LogP contribution in [0.15, 0.2) is 40.2 Å². The number of imidazole rings is 1. The van der Waals surface area contributed by atoms with E-state index in [9.17, 15) is 9.59 Å². The van der Waals surface area contributed by atoms with Crippen molar-refractivity contribution in [3.8, 4) is 0 Å². The van der Waals surface area contributed by atoms with Gasteiger partial charge in [-0.15, -0.1) is 0 Å². The zero-order valence-corrected chi connectivity index (χ0v) is 15.6. The summed E-state index contributed by atoms with van der Waals surface area (Å²) in [7, 11) is 3.41. The number of rotatable bonds is 2. The maximum Gasteiger partial charge on any atom is 0.329 e. The lowest BCUT2D eigenvalue weighted by Gasteiger charge is -2.27. The van der Waals surface area contributed by atoms with Crippen molar-refractivity contribution in [2.24, 2.45) is 14.1 Å². The fourth-order valence-corrected chi connectivity index (χ4v) is 3.90. The average molecular weight is 377 g/mol. The summed E-state index contributed by atoms with van der Waals surface area (Å²) in [6.07, 6.45) is 6.81. The largest absolute Gasteiger partial charge is 0.346 e. The van der Waals surface area contributed by atoms with Gasteiger partial charge in [-0.05, 0) is 24.1 Å². The summed E-state index contributed by atoms with van der Waals surface area (Å²) in [5.41, 5.74) is 3.23. The fourth-order valence-electron chi connectivity index (χ4n) is 3.90. The van der Waals surface area contributed by atoms with Gasteiger partial charge in [-0.25, -0.2) is 9.78 Å². The predicted octanol–water partition coefficient (Wildman–Crippen LogP) is 1.13. The molecule has 9 heteroatoms. The first kappa shape index (κ1) is 16.5. The third-order valence-corrected chi connectivity index (χ3v) is 5.40. The average Bonchev–Trinajstić information content (AvgIpc) is 3.28. The van der Waals surface area contributed by atoms with E-state index in [1.807, 2.05) is 12.3 Å². The second kappa shape index (κ2) is 5.95. The van der Waals surface area contributed by atoms with Crippen LogP contribution < -0.4 is 16.1 Å². The van der Waals surface area contributed by atoms with E-state index in [-0.39, 0.29) is 0 Å². The van der Waals surface area contributed by atoms with Crippen LogP contribution >= 0.6 is 0 Å². The lowest BCUT2D eigenvalue weighted by Crippen LogP contribution is -2.31. The molecule has 4 aromatic heterocycles. The third kappa shape index (κ3) is 2.32. The molecule has 5 heterocycles. The quantitative estimate of drug-likeness (QED) is 0.545. The highest BCUT2D eigenvalue weighted by atomic mass is 16.2. The number of nitrogens with one attached hydrogen (secondary N) is 2. The third-order valence-electron chi connectivity index (χ3n) is 5.40. The normalized spacial score (nSPS) is 14.8. The van der Waals surface area contributed by atoms with E-state index in [0.29, 0.717) is 23.7 Å². The van der Waals surface area contributed by atoms with Crippen LogP contribution in [0.25, 0.3) is 27.8 Å². The van der Waals surface area contributed by atoms with E-state index >= 15 is 0 Å². The lowest BCUT2D eigenvalue weighted by molar-refractivity contribution is 0.767. The van der Waals surface area contributed by atoms with Gasteiger partial charge in [0, 0.05) is 50.5 Å². The topological polar surface area (TPSA) is 105 Å². The van der Waals surface area contributed by atoms with Gasteiger partial charge in [0.25, 0.3) is 5.56 Å². The maximum atomic E-state index is 12.2. The van der Waals surface area contributed by atoms with Crippen molar-refractivity contribution < 1.29 is 0 Å². The van der Waals surface area contributed by atoms with E-state index in [1.165, 1.54) is 15.7 Å². The molecule has 0 radical (unpaired) electrons. The van der Waals surface area contributed by atoms with Crippen LogP contribution in [-0.4, -0.2) is 42.2 Å². The van der Waals surface area contributed by atoms with Crippen molar-refractivity contribution in [1.82, 2.24) is 29.1 Å². The molecule has 1 aliphatic rings. The molecule has 9 nitrogen and oxygen atoms in total. The van der Waals surface area contributed by atoms with E-state index in [0.717, 1.165) is 24.0 Å². The summed E-state index contributed by atoms with van der Waals surface area (Å²) in [5.74, 6) is 0.678. The van der Waals surface area contributed by atoms with Gasteiger partial charge in [0.2, 0.25) is 5.95 Å². The van der Waals surface area contributed by atoms with Crippen molar-refractivity contribution in [2.75, 3.05) is 18.0 Å². The maximum absolute atomic E-state index is 12.2. The summed E-state index contributed by atoms with van der Waals surface area (Å²) in [6, 6.07) is 4.01. The van der Waals surface area contributed by atoms with E-state index < -0.39 is 11.2 Å². The second-order valence-electron chi connectivity index (χ2n) is 6.99. The van der Waals surface area contributed by atoms with Gasteiger partial charge in [0.1, 0.15) is 5.65 Å². The Morgan fingerprint density at radius 2 is 2.04 bits per heavy atom. The lowest BCUT2D eigenvalue weighted by atomic mass is 10.00. The molecule has 0 spiro atoms. The molecule has 1 aliphatic heterocycles. The van der Waals surface area contributed by atoms with Crippen molar-refractivity contribution in [3.05, 3.63) is 57.0 Å². The second-order valence-corrected chi connectivity index (χ2v) is 6.99. The monoisotopic (exact) mass is 377 g/mol. The first-order valence-electron chi connectivity index (χ1n) is 9.07. The number of H-pyrrole nitrogens is 2. The van der Waals surface area contributed by atoms with Crippen LogP contribution in [0.5, 0.6) is 0 Å². The van der Waals surface area contributed by atoms with E-state index in [2.05, 4.69) is 37.0 Å². The Balaban J connectivity index is 1.53. The molecule has 0 aromatic carbocycles. The van der Waals surface area contributed by atoms with Crippen LogP contribution in [0.3, 0.4) is 0 Å². The van der Waals surface area contributed by atoms with Crippen molar-refractivity contribution in [2.45, 2.75) is 6.42 Å². The molecule has 0 amide bonds. The minimum absolute atomic E-state index is 0.392. The van der Waals surface area contributed by atoms with Gasteiger partial charge in [-0.2, -0.15) is 4.98 Å². The molecule has 142 valence electrons. The molecule has 0 saturated heterocycles. The molecule has 0 bridgehead atoms. The fraction of sp³-hybridized carbons (Fsp3) is 0.263. The zero-order chi connectivity index (χ0) is 19.4. The first-order valence-corrected chi connectivity index (χ1v) is 9.07. The highest BCUT2D eigenvalue weighted by molar-refractivity contribution is 5.91. The number of aromatic amines is 2. The molecule has 0 saturated carbocycles. The van der Waals surface area contributed by atoms with Gasteiger partial charge in [-0.1, -0.05) is 6.08 Å². The van der Waals surface area contributed by atoms with Gasteiger partial charge in [0.05, 0.1) is 0 Å². The Morgan fingerprint density at radius 3 is 2.82 bits per heavy atom.